The average molecular weight is 373 g/mol. The van der Waals surface area contributed by atoms with E-state index in [1.54, 1.807) is 18.6 Å². The summed E-state index contributed by atoms with van der Waals surface area (Å²) in [6.07, 6.45) is 5.94. The molecule has 136 valence electrons. The van der Waals surface area contributed by atoms with E-state index in [1.807, 2.05) is 29.2 Å². The first-order chi connectivity index (χ1) is 12.7. The van der Waals surface area contributed by atoms with Gasteiger partial charge in [-0.25, -0.2) is 15.8 Å². The highest BCUT2D eigenvalue weighted by Crippen LogP contribution is 2.23. The van der Waals surface area contributed by atoms with Gasteiger partial charge in [-0.1, -0.05) is 11.6 Å². The molecule has 26 heavy (non-hydrogen) atoms. The van der Waals surface area contributed by atoms with Gasteiger partial charge in [-0.15, -0.1) is 0 Å². The molecule has 2 fully saturated rings. The fourth-order valence-electron chi connectivity index (χ4n) is 3.46. The third kappa shape index (κ3) is 3.65. The number of aromatic nitrogens is 2. The molecule has 2 aliphatic heterocycles. The summed E-state index contributed by atoms with van der Waals surface area (Å²) in [6.45, 7) is 2.94. The fourth-order valence-corrected chi connectivity index (χ4v) is 3.58. The van der Waals surface area contributed by atoms with Crippen molar-refractivity contribution in [3.63, 3.8) is 0 Å². The second kappa shape index (κ2) is 7.57. The van der Waals surface area contributed by atoms with Crippen molar-refractivity contribution in [3.05, 3.63) is 53.4 Å². The Morgan fingerprint density at radius 1 is 1.08 bits per heavy atom. The molecule has 4 heterocycles. The van der Waals surface area contributed by atoms with Crippen LogP contribution >= 0.6 is 11.6 Å². The Morgan fingerprint density at radius 3 is 2.54 bits per heavy atom. The number of pyridine rings is 2. The van der Waals surface area contributed by atoms with Gasteiger partial charge in [-0.3, -0.25) is 9.78 Å². The van der Waals surface area contributed by atoms with Crippen molar-refractivity contribution in [1.29, 1.82) is 0 Å². The normalized spacial score (nSPS) is 23.3. The van der Waals surface area contributed by atoms with E-state index in [0.717, 1.165) is 30.9 Å². The smallest absolute Gasteiger partial charge is 0.241 e. The number of hydrazine groups is 1. The van der Waals surface area contributed by atoms with Gasteiger partial charge in [-0.2, -0.15) is 0 Å². The van der Waals surface area contributed by atoms with Crippen LogP contribution in [0.25, 0.3) is 0 Å². The largest absolute Gasteiger partial charge is 0.353 e. The highest BCUT2D eigenvalue weighted by molar-refractivity contribution is 6.30. The van der Waals surface area contributed by atoms with Gasteiger partial charge in [0.05, 0.1) is 5.02 Å². The van der Waals surface area contributed by atoms with Crippen LogP contribution < -0.4 is 15.8 Å². The molecule has 1 amide bonds. The lowest BCUT2D eigenvalue weighted by atomic mass is 10.0. The molecular formula is C18H21ClN6O. The van der Waals surface area contributed by atoms with Crippen LogP contribution in [-0.4, -0.2) is 53.0 Å². The number of hydrogen-bond acceptors (Lipinski definition) is 6. The first kappa shape index (κ1) is 17.2. The second-order valence-electron chi connectivity index (χ2n) is 6.56. The van der Waals surface area contributed by atoms with Gasteiger partial charge in [-0.05, 0) is 36.2 Å². The Balaban J connectivity index is 1.32. The molecule has 8 heteroatoms. The third-order valence-electron chi connectivity index (χ3n) is 4.94. The predicted molar refractivity (Wildman–Crippen MR) is 99.7 cm³/mol. The summed E-state index contributed by atoms with van der Waals surface area (Å²) in [7, 11) is 0. The summed E-state index contributed by atoms with van der Waals surface area (Å²) in [4.78, 5) is 25.3. The Labute approximate surface area is 157 Å². The van der Waals surface area contributed by atoms with Crippen LogP contribution in [0.15, 0.2) is 42.9 Å². The van der Waals surface area contributed by atoms with Crippen molar-refractivity contribution in [2.45, 2.75) is 18.5 Å². The topological polar surface area (TPSA) is 73.4 Å². The number of nitrogens with one attached hydrogen (secondary N) is 2. The van der Waals surface area contributed by atoms with Gasteiger partial charge in [0.1, 0.15) is 11.9 Å². The standard InChI is InChI=1S/C18H21ClN6O/c19-14-1-2-17(21-12-14)24-7-9-25(10-8-24)18(26)16-11-15(22-23-16)13-3-5-20-6-4-13/h1-6,12,15-16,22-23H,7-11H2. The lowest BCUT2D eigenvalue weighted by Gasteiger charge is -2.36. The zero-order valence-electron chi connectivity index (χ0n) is 14.3. The van der Waals surface area contributed by atoms with Gasteiger partial charge in [0.15, 0.2) is 0 Å². The summed E-state index contributed by atoms with van der Waals surface area (Å²) in [5.41, 5.74) is 7.51. The third-order valence-corrected chi connectivity index (χ3v) is 5.16. The Bertz CT molecular complexity index is 748. The minimum atomic E-state index is -0.201. The van der Waals surface area contributed by atoms with Gasteiger partial charge in [0.2, 0.25) is 5.91 Å². The molecule has 2 aliphatic rings. The van der Waals surface area contributed by atoms with E-state index in [1.165, 1.54) is 0 Å². The summed E-state index contributed by atoms with van der Waals surface area (Å²) in [5.74, 6) is 1.05. The quantitative estimate of drug-likeness (QED) is 0.848. The maximum absolute atomic E-state index is 12.8. The molecule has 0 radical (unpaired) electrons. The van der Waals surface area contributed by atoms with Crippen molar-refractivity contribution in [3.8, 4) is 0 Å². The molecule has 2 saturated heterocycles. The first-order valence-electron chi connectivity index (χ1n) is 8.77. The van der Waals surface area contributed by atoms with Crippen molar-refractivity contribution >= 4 is 23.3 Å². The Morgan fingerprint density at radius 2 is 1.85 bits per heavy atom. The Hall–Kier alpha value is -2.22. The van der Waals surface area contributed by atoms with E-state index in [0.29, 0.717) is 18.1 Å². The molecule has 4 rings (SSSR count). The maximum Gasteiger partial charge on any atom is 0.241 e. The van der Waals surface area contributed by atoms with Gasteiger partial charge in [0, 0.05) is 50.8 Å². The molecule has 0 aromatic carbocycles. The summed E-state index contributed by atoms with van der Waals surface area (Å²) >= 11 is 5.89. The average Bonchev–Trinajstić information content (AvgIpc) is 3.19. The first-order valence-corrected chi connectivity index (χ1v) is 9.15. The Kier molecular flexibility index (Phi) is 5.01. The van der Waals surface area contributed by atoms with Crippen molar-refractivity contribution < 1.29 is 4.79 Å². The molecule has 2 aromatic rings. The van der Waals surface area contributed by atoms with E-state index < -0.39 is 0 Å². The van der Waals surface area contributed by atoms with E-state index in [2.05, 4.69) is 25.7 Å². The van der Waals surface area contributed by atoms with Crippen molar-refractivity contribution in [1.82, 2.24) is 25.7 Å². The van der Waals surface area contributed by atoms with E-state index in [4.69, 9.17) is 11.6 Å². The number of carbonyl (C=O) groups excluding carboxylic acids is 1. The maximum atomic E-state index is 12.8. The van der Waals surface area contributed by atoms with Crippen molar-refractivity contribution in [2.24, 2.45) is 0 Å². The van der Waals surface area contributed by atoms with Crippen LogP contribution in [0.2, 0.25) is 5.02 Å². The van der Waals surface area contributed by atoms with Gasteiger partial charge >= 0.3 is 0 Å². The van der Waals surface area contributed by atoms with Crippen LogP contribution in [-0.2, 0) is 4.79 Å². The minimum Gasteiger partial charge on any atom is -0.353 e. The molecule has 0 aliphatic carbocycles. The van der Waals surface area contributed by atoms with Crippen LogP contribution in [0.4, 0.5) is 5.82 Å². The number of carbonyl (C=O) groups is 1. The van der Waals surface area contributed by atoms with Crippen molar-refractivity contribution in [2.75, 3.05) is 31.1 Å². The molecule has 0 spiro atoms. The lowest BCUT2D eigenvalue weighted by molar-refractivity contribution is -0.133. The summed E-state index contributed by atoms with van der Waals surface area (Å²) in [5, 5.41) is 0.631. The van der Waals surface area contributed by atoms with Crippen LogP contribution in [0.1, 0.15) is 18.0 Å². The number of amides is 1. The number of hydrogen-bond donors (Lipinski definition) is 2. The zero-order valence-corrected chi connectivity index (χ0v) is 15.1. The molecule has 0 bridgehead atoms. The SMILES string of the molecule is O=C(C1CC(c2ccncc2)NN1)N1CCN(c2ccc(Cl)cn2)CC1. The highest BCUT2D eigenvalue weighted by Gasteiger charge is 2.34. The number of halogens is 1. The second-order valence-corrected chi connectivity index (χ2v) is 6.99. The van der Waals surface area contributed by atoms with Gasteiger partial charge < -0.3 is 9.80 Å². The molecule has 0 saturated carbocycles. The molecule has 2 unspecified atom stereocenters. The van der Waals surface area contributed by atoms with Crippen LogP contribution in [0.3, 0.4) is 0 Å². The van der Waals surface area contributed by atoms with E-state index in [-0.39, 0.29) is 18.0 Å². The van der Waals surface area contributed by atoms with E-state index >= 15 is 0 Å². The summed E-state index contributed by atoms with van der Waals surface area (Å²) < 4.78 is 0. The molecule has 2 N–H and O–H groups in total. The number of anilines is 1. The predicted octanol–water partition coefficient (Wildman–Crippen LogP) is 1.39. The number of piperazine rings is 1. The van der Waals surface area contributed by atoms with E-state index in [9.17, 15) is 4.79 Å². The highest BCUT2D eigenvalue weighted by atomic mass is 35.5. The van der Waals surface area contributed by atoms with Crippen LogP contribution in [0.5, 0.6) is 0 Å². The molecule has 7 nitrogen and oxygen atoms in total. The van der Waals surface area contributed by atoms with Crippen LogP contribution in [0, 0.1) is 0 Å². The van der Waals surface area contributed by atoms with Gasteiger partial charge in [0.25, 0.3) is 0 Å². The molecular weight excluding hydrogens is 352 g/mol. The molecule has 2 atom stereocenters. The number of rotatable bonds is 3. The minimum absolute atomic E-state index is 0.131. The lowest BCUT2D eigenvalue weighted by Crippen LogP contribution is -2.53. The molecule has 2 aromatic heterocycles. The number of nitrogens with zero attached hydrogens (tertiary/aromatic N) is 4. The fraction of sp³-hybridized carbons (Fsp3) is 0.389. The summed E-state index contributed by atoms with van der Waals surface area (Å²) in [6, 6.07) is 7.64. The monoisotopic (exact) mass is 372 g/mol. The zero-order chi connectivity index (χ0) is 17.9.